The maximum Gasteiger partial charge on any atom is 0.343 e. The van der Waals surface area contributed by atoms with Gasteiger partial charge in [0.1, 0.15) is 11.2 Å². The molecule has 8 heteroatoms. The van der Waals surface area contributed by atoms with E-state index in [-0.39, 0.29) is 28.4 Å². The number of nitrogens with zero attached hydrogens (tertiary/aromatic N) is 3. The molecule has 0 saturated carbocycles. The molecular formula is C16H11ClFN3O3. The van der Waals surface area contributed by atoms with Gasteiger partial charge in [-0.05, 0) is 25.1 Å². The molecule has 0 amide bonds. The number of hydrogen-bond acceptors (Lipinski definition) is 5. The van der Waals surface area contributed by atoms with E-state index in [9.17, 15) is 14.0 Å². The van der Waals surface area contributed by atoms with Crippen LogP contribution in [-0.4, -0.2) is 27.1 Å². The third kappa shape index (κ3) is 2.74. The van der Waals surface area contributed by atoms with Gasteiger partial charge in [-0.1, -0.05) is 11.6 Å². The summed E-state index contributed by atoms with van der Waals surface area (Å²) >= 11 is 5.74. The predicted molar refractivity (Wildman–Crippen MR) is 86.1 cm³/mol. The number of esters is 1. The quantitative estimate of drug-likeness (QED) is 0.538. The highest BCUT2D eigenvalue weighted by atomic mass is 35.5. The number of ether oxygens (including phenoxy) is 1. The molecular weight excluding hydrogens is 337 g/mol. The Hall–Kier alpha value is -2.80. The molecule has 0 saturated heterocycles. The number of carbonyl (C=O) groups excluding carboxylic acids is 1. The fourth-order valence-corrected chi connectivity index (χ4v) is 2.38. The van der Waals surface area contributed by atoms with Gasteiger partial charge in [-0.25, -0.2) is 14.2 Å². The molecule has 6 nitrogen and oxygen atoms in total. The minimum Gasteiger partial charge on any atom is -0.462 e. The van der Waals surface area contributed by atoms with Crippen LogP contribution < -0.4 is 5.43 Å². The summed E-state index contributed by atoms with van der Waals surface area (Å²) in [5.41, 5.74) is -0.251. The fourth-order valence-electron chi connectivity index (χ4n) is 2.25. The standard InChI is InChI=1S/C16H11ClFN3O3/c1-2-24-16(23)11-8-21(9-4-3-5-19-7-9)15-10(13(11)22)6-12(18)14(17)20-15/h3-8H,2H2,1H3. The zero-order valence-corrected chi connectivity index (χ0v) is 13.2. The normalized spacial score (nSPS) is 10.8. The molecule has 0 aliphatic heterocycles. The van der Waals surface area contributed by atoms with Gasteiger partial charge in [-0.2, -0.15) is 0 Å². The van der Waals surface area contributed by atoms with Crippen LogP contribution in [0, 0.1) is 5.82 Å². The lowest BCUT2D eigenvalue weighted by atomic mass is 10.2. The zero-order valence-electron chi connectivity index (χ0n) is 12.5. The lowest BCUT2D eigenvalue weighted by Crippen LogP contribution is -2.21. The molecule has 0 spiro atoms. The van der Waals surface area contributed by atoms with E-state index in [0.29, 0.717) is 5.69 Å². The van der Waals surface area contributed by atoms with Gasteiger partial charge in [-0.15, -0.1) is 0 Å². The smallest absolute Gasteiger partial charge is 0.343 e. The Kier molecular flexibility index (Phi) is 4.26. The summed E-state index contributed by atoms with van der Waals surface area (Å²) in [6.45, 7) is 1.73. The van der Waals surface area contributed by atoms with Crippen LogP contribution in [0.15, 0.2) is 41.6 Å². The number of carbonyl (C=O) groups is 1. The maximum absolute atomic E-state index is 13.8. The van der Waals surface area contributed by atoms with Gasteiger partial charge in [0.05, 0.1) is 23.9 Å². The monoisotopic (exact) mass is 347 g/mol. The minimum atomic E-state index is -0.847. The lowest BCUT2D eigenvalue weighted by molar-refractivity contribution is 0.0524. The van der Waals surface area contributed by atoms with Crippen LogP contribution in [0.1, 0.15) is 17.3 Å². The van der Waals surface area contributed by atoms with E-state index in [0.717, 1.165) is 6.07 Å². The first-order chi connectivity index (χ1) is 11.5. The summed E-state index contributed by atoms with van der Waals surface area (Å²) in [6, 6.07) is 4.34. The largest absolute Gasteiger partial charge is 0.462 e. The van der Waals surface area contributed by atoms with E-state index in [4.69, 9.17) is 16.3 Å². The van der Waals surface area contributed by atoms with E-state index >= 15 is 0 Å². The highest BCUT2D eigenvalue weighted by Gasteiger charge is 2.19. The van der Waals surface area contributed by atoms with Crippen LogP contribution in [0.2, 0.25) is 5.15 Å². The van der Waals surface area contributed by atoms with Crippen molar-refractivity contribution in [3.63, 3.8) is 0 Å². The molecule has 0 aromatic carbocycles. The molecule has 0 atom stereocenters. The van der Waals surface area contributed by atoms with Gasteiger partial charge < -0.3 is 4.74 Å². The minimum absolute atomic E-state index is 0.0775. The Bertz CT molecular complexity index is 989. The first kappa shape index (κ1) is 16.1. The number of halogens is 2. The number of rotatable bonds is 3. The number of hydrogen-bond donors (Lipinski definition) is 0. The second-order valence-corrected chi connectivity index (χ2v) is 5.16. The van der Waals surface area contributed by atoms with Gasteiger partial charge in [0, 0.05) is 12.4 Å². The number of pyridine rings is 3. The first-order valence-electron chi connectivity index (χ1n) is 7.02. The Balaban J connectivity index is 2.40. The van der Waals surface area contributed by atoms with E-state index in [2.05, 4.69) is 9.97 Å². The van der Waals surface area contributed by atoms with Crippen molar-refractivity contribution in [2.24, 2.45) is 0 Å². The van der Waals surface area contributed by atoms with Crippen molar-refractivity contribution in [1.82, 2.24) is 14.5 Å². The Labute approximate surface area is 140 Å². The molecule has 3 heterocycles. The number of fused-ring (bicyclic) bond motifs is 1. The van der Waals surface area contributed by atoms with Gasteiger partial charge in [0.2, 0.25) is 5.43 Å². The zero-order chi connectivity index (χ0) is 17.3. The summed E-state index contributed by atoms with van der Waals surface area (Å²) in [5, 5.41) is -0.449. The average Bonchev–Trinajstić information content (AvgIpc) is 2.58. The summed E-state index contributed by atoms with van der Waals surface area (Å²) in [7, 11) is 0. The summed E-state index contributed by atoms with van der Waals surface area (Å²) in [4.78, 5) is 32.5. The van der Waals surface area contributed by atoms with Crippen LogP contribution in [-0.2, 0) is 4.74 Å². The summed E-state index contributed by atoms with van der Waals surface area (Å²) in [6.07, 6.45) is 4.37. The van der Waals surface area contributed by atoms with Gasteiger partial charge in [-0.3, -0.25) is 14.3 Å². The van der Waals surface area contributed by atoms with E-state index in [1.807, 2.05) is 0 Å². The molecule has 0 aliphatic rings. The van der Waals surface area contributed by atoms with Crippen LogP contribution >= 0.6 is 11.6 Å². The van der Waals surface area contributed by atoms with Gasteiger partial charge in [0.25, 0.3) is 0 Å². The molecule has 122 valence electrons. The number of aromatic nitrogens is 3. The third-order valence-corrected chi connectivity index (χ3v) is 3.57. The molecule has 0 aliphatic carbocycles. The second-order valence-electron chi connectivity index (χ2n) is 4.81. The van der Waals surface area contributed by atoms with Crippen LogP contribution in [0.25, 0.3) is 16.7 Å². The highest BCUT2D eigenvalue weighted by molar-refractivity contribution is 6.29. The first-order valence-corrected chi connectivity index (χ1v) is 7.39. The SMILES string of the molecule is CCOC(=O)c1cn(-c2cccnc2)c2nc(Cl)c(F)cc2c1=O. The molecule has 0 radical (unpaired) electrons. The Morgan fingerprint density at radius 1 is 1.46 bits per heavy atom. The summed E-state index contributed by atoms with van der Waals surface area (Å²) < 4.78 is 20.1. The topological polar surface area (TPSA) is 74.1 Å². The van der Waals surface area contributed by atoms with Crippen LogP contribution in [0.4, 0.5) is 4.39 Å². The third-order valence-electron chi connectivity index (χ3n) is 3.31. The van der Waals surface area contributed by atoms with Crippen molar-refractivity contribution in [2.45, 2.75) is 6.92 Å². The molecule has 0 fully saturated rings. The molecule has 0 bridgehead atoms. The van der Waals surface area contributed by atoms with E-state index < -0.39 is 17.2 Å². The Morgan fingerprint density at radius 2 is 2.25 bits per heavy atom. The average molecular weight is 348 g/mol. The molecule has 3 aromatic rings. The fraction of sp³-hybridized carbons (Fsp3) is 0.125. The van der Waals surface area contributed by atoms with Gasteiger partial charge >= 0.3 is 5.97 Å². The van der Waals surface area contributed by atoms with Crippen molar-refractivity contribution < 1.29 is 13.9 Å². The Morgan fingerprint density at radius 3 is 2.92 bits per heavy atom. The van der Waals surface area contributed by atoms with E-state index in [1.165, 1.54) is 17.0 Å². The van der Waals surface area contributed by atoms with Gasteiger partial charge in [0.15, 0.2) is 11.0 Å². The molecule has 24 heavy (non-hydrogen) atoms. The van der Waals surface area contributed by atoms with Crippen LogP contribution in [0.3, 0.4) is 0 Å². The van der Waals surface area contributed by atoms with Crippen molar-refractivity contribution >= 4 is 28.6 Å². The highest BCUT2D eigenvalue weighted by Crippen LogP contribution is 2.20. The molecule has 0 unspecified atom stereocenters. The van der Waals surface area contributed by atoms with Crippen molar-refractivity contribution in [1.29, 1.82) is 0 Å². The second kappa shape index (κ2) is 6.37. The molecule has 0 N–H and O–H groups in total. The van der Waals surface area contributed by atoms with Crippen LogP contribution in [0.5, 0.6) is 0 Å². The molecule has 3 rings (SSSR count). The van der Waals surface area contributed by atoms with Crippen molar-refractivity contribution in [2.75, 3.05) is 6.61 Å². The predicted octanol–water partition coefficient (Wildman–Crippen LogP) is 2.75. The van der Waals surface area contributed by atoms with Crippen molar-refractivity contribution in [3.05, 3.63) is 63.5 Å². The molecule has 3 aromatic heterocycles. The maximum atomic E-state index is 13.8. The summed E-state index contributed by atoms with van der Waals surface area (Å²) in [5.74, 6) is -1.64. The lowest BCUT2D eigenvalue weighted by Gasteiger charge is -2.12. The van der Waals surface area contributed by atoms with E-state index in [1.54, 1.807) is 25.3 Å². The van der Waals surface area contributed by atoms with Crippen molar-refractivity contribution in [3.8, 4) is 5.69 Å².